The molecule has 0 spiro atoms. The maximum Gasteiger partial charge on any atom is 0.211 e. The maximum absolute atomic E-state index is 5.64. The molecule has 2 aromatic heterocycles. The van der Waals surface area contributed by atoms with Gasteiger partial charge in [-0.1, -0.05) is 30.0 Å². The van der Waals surface area contributed by atoms with Gasteiger partial charge in [0, 0.05) is 0 Å². The molecule has 0 unspecified atom stereocenters. The van der Waals surface area contributed by atoms with Crippen molar-refractivity contribution in [2.75, 3.05) is 6.26 Å². The van der Waals surface area contributed by atoms with E-state index in [1.807, 2.05) is 48.7 Å². The molecule has 3 aromatic rings. The molecule has 0 saturated heterocycles. The molecule has 0 fully saturated rings. The molecule has 1 aromatic carbocycles. The summed E-state index contributed by atoms with van der Waals surface area (Å²) in [5.41, 5.74) is 0. The summed E-state index contributed by atoms with van der Waals surface area (Å²) in [5.74, 6) is 2.19. The van der Waals surface area contributed by atoms with Crippen LogP contribution in [0.1, 0.15) is 11.5 Å². The topological polar surface area (TPSA) is 65.4 Å². The third-order valence-electron chi connectivity index (χ3n) is 2.80. The lowest BCUT2D eigenvalue weighted by Crippen LogP contribution is -1.93. The molecule has 0 N–H and O–H groups in total. The van der Waals surface area contributed by atoms with E-state index in [4.69, 9.17) is 9.15 Å². The van der Waals surface area contributed by atoms with Gasteiger partial charge in [-0.2, -0.15) is 9.78 Å². The van der Waals surface area contributed by atoms with Crippen LogP contribution < -0.4 is 4.74 Å². The summed E-state index contributed by atoms with van der Waals surface area (Å²) < 4.78 is 12.9. The number of ether oxygens (including phenoxy) is 1. The molecule has 7 heteroatoms. The SMILES string of the molecule is CSc1nncn1/N=C\c1ccc(COc2ccccc2)o1. The van der Waals surface area contributed by atoms with Crippen molar-refractivity contribution < 1.29 is 9.15 Å². The second-order valence-electron chi connectivity index (χ2n) is 4.31. The molecule has 2 heterocycles. The monoisotopic (exact) mass is 314 g/mol. The molecule has 112 valence electrons. The standard InChI is InChI=1S/C15H14N4O2S/c1-22-15-18-16-11-19(15)17-9-13-7-8-14(21-13)10-20-12-5-3-2-4-6-12/h2-9,11H,10H2,1H3/b17-9-. The molecule has 6 nitrogen and oxygen atoms in total. The van der Waals surface area contributed by atoms with Crippen molar-refractivity contribution in [3.05, 3.63) is 60.3 Å². The first-order chi connectivity index (χ1) is 10.8. The fourth-order valence-electron chi connectivity index (χ4n) is 1.76. The molecular formula is C15H14N4O2S. The van der Waals surface area contributed by atoms with Crippen molar-refractivity contribution in [1.29, 1.82) is 0 Å². The zero-order chi connectivity index (χ0) is 15.2. The molecule has 0 aliphatic carbocycles. The van der Waals surface area contributed by atoms with Crippen molar-refractivity contribution in [2.45, 2.75) is 11.8 Å². The van der Waals surface area contributed by atoms with Gasteiger partial charge in [0.1, 0.15) is 30.2 Å². The molecule has 0 atom stereocenters. The summed E-state index contributed by atoms with van der Waals surface area (Å²) in [6, 6.07) is 13.3. The Morgan fingerprint density at radius 3 is 2.95 bits per heavy atom. The van der Waals surface area contributed by atoms with Crippen molar-refractivity contribution in [3.63, 3.8) is 0 Å². The number of rotatable bonds is 6. The zero-order valence-electron chi connectivity index (χ0n) is 11.9. The highest BCUT2D eigenvalue weighted by Gasteiger charge is 2.03. The van der Waals surface area contributed by atoms with Gasteiger partial charge in [-0.15, -0.1) is 10.2 Å². The van der Waals surface area contributed by atoms with Gasteiger partial charge in [0.05, 0.1) is 6.21 Å². The smallest absolute Gasteiger partial charge is 0.211 e. The molecule has 0 bridgehead atoms. The first-order valence-corrected chi connectivity index (χ1v) is 7.82. The lowest BCUT2D eigenvalue weighted by atomic mass is 10.3. The van der Waals surface area contributed by atoms with Crippen molar-refractivity contribution in [2.24, 2.45) is 5.10 Å². The molecular weight excluding hydrogens is 300 g/mol. The average molecular weight is 314 g/mol. The number of hydrogen-bond acceptors (Lipinski definition) is 6. The largest absolute Gasteiger partial charge is 0.486 e. The molecule has 0 amide bonds. The molecule has 0 radical (unpaired) electrons. The quantitative estimate of drug-likeness (QED) is 0.517. The Labute approximate surface area is 131 Å². The fraction of sp³-hybridized carbons (Fsp3) is 0.133. The third-order valence-corrected chi connectivity index (χ3v) is 3.43. The Morgan fingerprint density at radius 1 is 1.27 bits per heavy atom. The first kappa shape index (κ1) is 14.4. The minimum absolute atomic E-state index is 0.376. The number of para-hydroxylation sites is 1. The van der Waals surface area contributed by atoms with Crippen LogP contribution >= 0.6 is 11.8 Å². The zero-order valence-corrected chi connectivity index (χ0v) is 12.7. The van der Waals surface area contributed by atoms with Gasteiger partial charge in [-0.3, -0.25) is 0 Å². The van der Waals surface area contributed by atoms with Gasteiger partial charge in [-0.25, -0.2) is 0 Å². The predicted molar refractivity (Wildman–Crippen MR) is 84.3 cm³/mol. The predicted octanol–water partition coefficient (Wildman–Crippen LogP) is 3.05. The third kappa shape index (κ3) is 3.56. The molecule has 3 rings (SSSR count). The van der Waals surface area contributed by atoms with Gasteiger partial charge in [0.15, 0.2) is 0 Å². The summed E-state index contributed by atoms with van der Waals surface area (Å²) in [4.78, 5) is 0. The van der Waals surface area contributed by atoms with Crippen LogP contribution in [0, 0.1) is 0 Å². The highest BCUT2D eigenvalue weighted by atomic mass is 32.2. The van der Waals surface area contributed by atoms with Gasteiger partial charge in [-0.05, 0) is 30.5 Å². The molecule has 22 heavy (non-hydrogen) atoms. The summed E-state index contributed by atoms with van der Waals surface area (Å²) >= 11 is 1.47. The first-order valence-electron chi connectivity index (χ1n) is 6.60. The van der Waals surface area contributed by atoms with Crippen molar-refractivity contribution in [3.8, 4) is 5.75 Å². The van der Waals surface area contributed by atoms with E-state index in [-0.39, 0.29) is 0 Å². The van der Waals surface area contributed by atoms with E-state index in [9.17, 15) is 0 Å². The van der Waals surface area contributed by atoms with E-state index < -0.39 is 0 Å². The Balaban J connectivity index is 1.61. The number of thioether (sulfide) groups is 1. The highest BCUT2D eigenvalue weighted by molar-refractivity contribution is 7.98. The summed E-state index contributed by atoms with van der Waals surface area (Å²) in [5, 5.41) is 12.7. The molecule has 0 aliphatic heterocycles. The highest BCUT2D eigenvalue weighted by Crippen LogP contribution is 2.14. The van der Waals surface area contributed by atoms with Gasteiger partial charge in [0.25, 0.3) is 0 Å². The van der Waals surface area contributed by atoms with Crippen molar-refractivity contribution >= 4 is 18.0 Å². The van der Waals surface area contributed by atoms with Crippen LogP contribution in [0.2, 0.25) is 0 Å². The van der Waals surface area contributed by atoms with E-state index in [1.165, 1.54) is 11.8 Å². The van der Waals surface area contributed by atoms with Gasteiger partial charge < -0.3 is 9.15 Å². The van der Waals surface area contributed by atoms with Crippen LogP contribution in [0.25, 0.3) is 0 Å². The Bertz CT molecular complexity index is 752. The van der Waals surface area contributed by atoms with E-state index in [2.05, 4.69) is 15.3 Å². The van der Waals surface area contributed by atoms with Crippen LogP contribution in [0.4, 0.5) is 0 Å². The van der Waals surface area contributed by atoms with Crippen LogP contribution in [0.15, 0.2) is 63.5 Å². The molecule has 0 aliphatic rings. The number of nitrogens with zero attached hydrogens (tertiary/aromatic N) is 4. The number of hydrogen-bond donors (Lipinski definition) is 0. The number of furan rings is 1. The Morgan fingerprint density at radius 2 is 2.14 bits per heavy atom. The Hall–Kier alpha value is -2.54. The summed E-state index contributed by atoms with van der Waals surface area (Å²) in [6.45, 7) is 0.376. The fourth-order valence-corrected chi connectivity index (χ4v) is 2.17. The van der Waals surface area contributed by atoms with E-state index in [1.54, 1.807) is 17.2 Å². The lowest BCUT2D eigenvalue weighted by molar-refractivity contribution is 0.270. The second kappa shape index (κ2) is 6.95. The normalized spacial score (nSPS) is 11.1. The summed E-state index contributed by atoms with van der Waals surface area (Å²) in [7, 11) is 0. The molecule has 0 saturated carbocycles. The maximum atomic E-state index is 5.64. The van der Waals surface area contributed by atoms with Gasteiger partial charge >= 0.3 is 0 Å². The van der Waals surface area contributed by atoms with Crippen LogP contribution in [0.3, 0.4) is 0 Å². The van der Waals surface area contributed by atoms with E-state index >= 15 is 0 Å². The summed E-state index contributed by atoms with van der Waals surface area (Å²) in [6.07, 6.45) is 5.09. The Kier molecular flexibility index (Phi) is 4.55. The lowest BCUT2D eigenvalue weighted by Gasteiger charge is -2.02. The van der Waals surface area contributed by atoms with Crippen molar-refractivity contribution in [1.82, 2.24) is 14.9 Å². The second-order valence-corrected chi connectivity index (χ2v) is 5.09. The van der Waals surface area contributed by atoms with Crippen LogP contribution in [-0.2, 0) is 6.61 Å². The van der Waals surface area contributed by atoms with E-state index in [0.29, 0.717) is 12.4 Å². The van der Waals surface area contributed by atoms with Crippen LogP contribution in [0.5, 0.6) is 5.75 Å². The average Bonchev–Trinajstić information content (AvgIpc) is 3.20. The number of aromatic nitrogens is 3. The minimum atomic E-state index is 0.376. The minimum Gasteiger partial charge on any atom is -0.486 e. The van der Waals surface area contributed by atoms with E-state index in [0.717, 1.165) is 16.7 Å². The van der Waals surface area contributed by atoms with Crippen LogP contribution in [-0.4, -0.2) is 27.3 Å². The number of benzene rings is 1. The van der Waals surface area contributed by atoms with Gasteiger partial charge in [0.2, 0.25) is 5.16 Å².